The summed E-state index contributed by atoms with van der Waals surface area (Å²) < 4.78 is 16.6. The van der Waals surface area contributed by atoms with Crippen LogP contribution < -0.4 is 25.6 Å². The molecule has 11 heteroatoms. The van der Waals surface area contributed by atoms with Crippen molar-refractivity contribution >= 4 is 51.3 Å². The summed E-state index contributed by atoms with van der Waals surface area (Å²) in [4.78, 5) is 43.3. The van der Waals surface area contributed by atoms with Crippen molar-refractivity contribution in [3.05, 3.63) is 83.1 Å². The molecule has 0 radical (unpaired) electrons. The highest BCUT2D eigenvalue weighted by atomic mass is 19.1. The Balaban J connectivity index is 1.30. The Morgan fingerprint density at radius 3 is 2.55 bits per heavy atom. The zero-order valence-corrected chi connectivity index (χ0v) is 24.0. The summed E-state index contributed by atoms with van der Waals surface area (Å²) in [6.07, 6.45) is 2.93. The number of aryl methyl sites for hydroxylation is 2. The summed E-state index contributed by atoms with van der Waals surface area (Å²) in [5, 5.41) is 3.63. The lowest BCUT2D eigenvalue weighted by Crippen LogP contribution is -2.44. The fourth-order valence-corrected chi connectivity index (χ4v) is 5.70. The maximum atomic E-state index is 15.1. The number of halogens is 1. The molecule has 0 atom stereocenters. The quantitative estimate of drug-likeness (QED) is 0.362. The Kier molecular flexibility index (Phi) is 7.11. The molecule has 216 valence electrons. The molecular formula is C31H33FN8O2. The van der Waals surface area contributed by atoms with Gasteiger partial charge in [0.2, 0.25) is 5.95 Å². The van der Waals surface area contributed by atoms with Gasteiger partial charge in [0, 0.05) is 63.6 Å². The van der Waals surface area contributed by atoms with E-state index >= 15 is 4.39 Å². The molecule has 4 heterocycles. The van der Waals surface area contributed by atoms with Crippen molar-refractivity contribution in [2.24, 2.45) is 7.05 Å². The van der Waals surface area contributed by atoms with Gasteiger partial charge in [-0.25, -0.2) is 9.37 Å². The smallest absolute Gasteiger partial charge is 0.275 e. The summed E-state index contributed by atoms with van der Waals surface area (Å²) in [5.74, 6) is -0.396. The Morgan fingerprint density at radius 1 is 1.02 bits per heavy atom. The summed E-state index contributed by atoms with van der Waals surface area (Å²) in [5.41, 5.74) is 4.17. The number of amides is 1. The number of nitrogens with one attached hydrogen (secondary N) is 1. The molecule has 1 N–H and O–H groups in total. The first-order valence-corrected chi connectivity index (χ1v) is 13.9. The van der Waals surface area contributed by atoms with Gasteiger partial charge < -0.3 is 24.9 Å². The number of benzene rings is 2. The molecule has 1 fully saturated rings. The van der Waals surface area contributed by atoms with Crippen molar-refractivity contribution < 1.29 is 9.18 Å². The van der Waals surface area contributed by atoms with Crippen LogP contribution in [-0.2, 0) is 11.8 Å². The van der Waals surface area contributed by atoms with E-state index in [9.17, 15) is 9.59 Å². The second-order valence-electron chi connectivity index (χ2n) is 10.7. The SMILES string of the molecule is C=CC(=O)N1CCN(c2cc3cnc(Nc4ccc(N5CCN(C)CC5)cc4F)nc3n(C)c2=O)c2cccc(C)c21. The summed E-state index contributed by atoms with van der Waals surface area (Å²) in [6.45, 7) is 9.98. The topological polar surface area (TPSA) is 89.8 Å². The number of nitrogens with zero attached hydrogens (tertiary/aromatic N) is 7. The van der Waals surface area contributed by atoms with E-state index in [2.05, 4.69) is 38.7 Å². The van der Waals surface area contributed by atoms with E-state index in [0.29, 0.717) is 29.8 Å². The number of likely N-dealkylation sites (N-methyl/N-ethyl adjacent to an activating group) is 1. The molecule has 1 saturated heterocycles. The lowest BCUT2D eigenvalue weighted by molar-refractivity contribution is -0.114. The van der Waals surface area contributed by atoms with E-state index in [1.807, 2.05) is 36.1 Å². The number of fused-ring (bicyclic) bond motifs is 2. The number of carbonyl (C=O) groups is 1. The number of rotatable bonds is 5. The van der Waals surface area contributed by atoms with Crippen molar-refractivity contribution in [1.82, 2.24) is 19.4 Å². The van der Waals surface area contributed by atoms with Gasteiger partial charge in [-0.1, -0.05) is 18.7 Å². The van der Waals surface area contributed by atoms with E-state index < -0.39 is 5.82 Å². The number of aromatic nitrogens is 3. The number of anilines is 6. The second-order valence-corrected chi connectivity index (χ2v) is 10.7. The van der Waals surface area contributed by atoms with Crippen LogP contribution in [0.4, 0.5) is 38.8 Å². The fourth-order valence-electron chi connectivity index (χ4n) is 5.70. The zero-order chi connectivity index (χ0) is 29.5. The Labute approximate surface area is 243 Å². The number of pyridine rings is 1. The predicted molar refractivity (Wildman–Crippen MR) is 165 cm³/mol. The average molecular weight is 569 g/mol. The number of carbonyl (C=O) groups excluding carboxylic acids is 1. The maximum absolute atomic E-state index is 15.1. The molecule has 0 unspecified atom stereocenters. The minimum atomic E-state index is -0.401. The molecule has 2 aliphatic heterocycles. The molecule has 42 heavy (non-hydrogen) atoms. The third kappa shape index (κ3) is 4.85. The molecule has 2 aliphatic rings. The lowest BCUT2D eigenvalue weighted by atomic mass is 10.1. The summed E-state index contributed by atoms with van der Waals surface area (Å²) in [7, 11) is 3.74. The molecule has 1 amide bonds. The van der Waals surface area contributed by atoms with E-state index in [1.165, 1.54) is 16.7 Å². The molecule has 0 saturated carbocycles. The maximum Gasteiger partial charge on any atom is 0.275 e. The highest BCUT2D eigenvalue weighted by Crippen LogP contribution is 2.39. The van der Waals surface area contributed by atoms with Gasteiger partial charge in [0.1, 0.15) is 17.2 Å². The van der Waals surface area contributed by atoms with Gasteiger partial charge in [0.25, 0.3) is 11.5 Å². The fraction of sp³-hybridized carbons (Fsp3) is 0.290. The van der Waals surface area contributed by atoms with Crippen LogP contribution >= 0.6 is 0 Å². The van der Waals surface area contributed by atoms with Gasteiger partial charge in [0.15, 0.2) is 0 Å². The van der Waals surface area contributed by atoms with Crippen LogP contribution in [0.1, 0.15) is 5.56 Å². The van der Waals surface area contributed by atoms with Crippen molar-refractivity contribution in [2.75, 3.05) is 66.3 Å². The first-order valence-electron chi connectivity index (χ1n) is 13.9. The van der Waals surface area contributed by atoms with Crippen molar-refractivity contribution in [2.45, 2.75) is 6.92 Å². The molecule has 10 nitrogen and oxygen atoms in total. The third-order valence-electron chi connectivity index (χ3n) is 8.05. The standard InChI is InChI=1S/C31H33FN8O2/c1-5-27(41)40-16-15-39(25-8-6-7-20(2)28(25)40)26-17-21-19-33-31(35-29(21)37(4)30(26)42)34-24-10-9-22(18-23(24)32)38-13-11-36(3)12-14-38/h5-10,17-19H,1,11-16H2,2-4H3,(H,33,34,35). The molecule has 2 aromatic carbocycles. The van der Waals surface area contributed by atoms with E-state index in [1.54, 1.807) is 30.3 Å². The minimum absolute atomic E-state index is 0.185. The number of hydrogen-bond acceptors (Lipinski definition) is 8. The summed E-state index contributed by atoms with van der Waals surface area (Å²) in [6, 6.07) is 12.6. The number of piperazine rings is 1. The van der Waals surface area contributed by atoms with Crippen LogP contribution in [0.25, 0.3) is 11.0 Å². The van der Waals surface area contributed by atoms with Gasteiger partial charge in [-0.2, -0.15) is 4.98 Å². The molecule has 2 aromatic heterocycles. The zero-order valence-electron chi connectivity index (χ0n) is 24.0. The van der Waals surface area contributed by atoms with Gasteiger partial charge in [-0.15, -0.1) is 0 Å². The van der Waals surface area contributed by atoms with E-state index in [0.717, 1.165) is 48.8 Å². The first kappa shape index (κ1) is 27.4. The molecular weight excluding hydrogens is 535 g/mol. The highest BCUT2D eigenvalue weighted by molar-refractivity contribution is 6.05. The van der Waals surface area contributed by atoms with Gasteiger partial charge >= 0.3 is 0 Å². The van der Waals surface area contributed by atoms with Crippen LogP contribution in [-0.4, -0.2) is 71.7 Å². The molecule has 0 aliphatic carbocycles. The number of para-hydroxylation sites is 1. The van der Waals surface area contributed by atoms with Gasteiger partial charge in [-0.3, -0.25) is 14.2 Å². The van der Waals surface area contributed by atoms with Crippen LogP contribution in [0.5, 0.6) is 0 Å². The van der Waals surface area contributed by atoms with E-state index in [4.69, 9.17) is 0 Å². The third-order valence-corrected chi connectivity index (χ3v) is 8.05. The van der Waals surface area contributed by atoms with Crippen LogP contribution in [0.2, 0.25) is 0 Å². The molecule has 0 spiro atoms. The minimum Gasteiger partial charge on any atom is -0.369 e. The number of hydrogen-bond donors (Lipinski definition) is 1. The van der Waals surface area contributed by atoms with Crippen molar-refractivity contribution in [3.63, 3.8) is 0 Å². The van der Waals surface area contributed by atoms with Crippen molar-refractivity contribution in [1.29, 1.82) is 0 Å². The Hall–Kier alpha value is -4.77. The summed E-state index contributed by atoms with van der Waals surface area (Å²) >= 11 is 0. The normalized spacial score (nSPS) is 15.6. The van der Waals surface area contributed by atoms with Crippen LogP contribution in [0.3, 0.4) is 0 Å². The van der Waals surface area contributed by atoms with Crippen LogP contribution in [0, 0.1) is 12.7 Å². The second kappa shape index (κ2) is 10.9. The van der Waals surface area contributed by atoms with Crippen molar-refractivity contribution in [3.8, 4) is 0 Å². The molecule has 0 bridgehead atoms. The monoisotopic (exact) mass is 568 g/mol. The van der Waals surface area contributed by atoms with Gasteiger partial charge in [-0.05, 0) is 55.9 Å². The largest absolute Gasteiger partial charge is 0.369 e. The first-order chi connectivity index (χ1) is 20.2. The lowest BCUT2D eigenvalue weighted by Gasteiger charge is -2.38. The highest BCUT2D eigenvalue weighted by Gasteiger charge is 2.29. The predicted octanol–water partition coefficient (Wildman–Crippen LogP) is 3.94. The Bertz CT molecular complexity index is 1760. The van der Waals surface area contributed by atoms with Gasteiger partial charge in [0.05, 0.1) is 17.1 Å². The average Bonchev–Trinajstić information content (AvgIpc) is 3.00. The van der Waals surface area contributed by atoms with Crippen LogP contribution in [0.15, 0.2) is 66.1 Å². The molecule has 6 rings (SSSR count). The van der Waals surface area contributed by atoms with E-state index in [-0.39, 0.29) is 23.1 Å². The Morgan fingerprint density at radius 2 is 1.81 bits per heavy atom. The molecule has 4 aromatic rings.